The zero-order valence-corrected chi connectivity index (χ0v) is 17.3. The lowest BCUT2D eigenvalue weighted by Crippen LogP contribution is -2.22. The third-order valence-corrected chi connectivity index (χ3v) is 6.60. The number of nitrogens with zero attached hydrogens (tertiary/aromatic N) is 5. The molecule has 0 spiro atoms. The molecule has 1 aliphatic carbocycles. The fourth-order valence-corrected chi connectivity index (χ4v) is 4.54. The standard InChI is InChI=1S/C18H18F2N6OS2/c1-10-9-28-15(21-10)18(2,27)16-23-24-17(29-16)22-14-6-7-26(25-14)8-11-12(19)4-3-5-13(11)20/h4,6-7,9,27H,3,5,8H2,1-2H3,(H,22,24,25)/t18-/m0/s1. The quantitative estimate of drug-likeness (QED) is 0.597. The Morgan fingerprint density at radius 1 is 1.31 bits per heavy atom. The molecular formula is C18H18F2N6OS2. The first-order valence-corrected chi connectivity index (χ1v) is 10.6. The van der Waals surface area contributed by atoms with Crippen molar-refractivity contribution in [3.8, 4) is 0 Å². The van der Waals surface area contributed by atoms with Gasteiger partial charge in [-0.3, -0.25) is 4.68 Å². The molecule has 2 N–H and O–H groups in total. The molecule has 29 heavy (non-hydrogen) atoms. The van der Waals surface area contributed by atoms with Crippen molar-refractivity contribution < 1.29 is 13.9 Å². The lowest BCUT2D eigenvalue weighted by molar-refractivity contribution is 0.101. The number of aromatic nitrogens is 5. The summed E-state index contributed by atoms with van der Waals surface area (Å²) < 4.78 is 29.2. The molecule has 11 heteroatoms. The van der Waals surface area contributed by atoms with Gasteiger partial charge >= 0.3 is 0 Å². The van der Waals surface area contributed by atoms with Crippen LogP contribution >= 0.6 is 22.7 Å². The first kappa shape index (κ1) is 19.8. The molecule has 0 bridgehead atoms. The number of anilines is 2. The van der Waals surface area contributed by atoms with Gasteiger partial charge in [0.2, 0.25) is 5.13 Å². The maximum Gasteiger partial charge on any atom is 0.211 e. The van der Waals surface area contributed by atoms with E-state index >= 15 is 0 Å². The van der Waals surface area contributed by atoms with E-state index in [2.05, 4.69) is 25.6 Å². The van der Waals surface area contributed by atoms with Crippen molar-refractivity contribution in [1.82, 2.24) is 25.0 Å². The molecule has 0 saturated carbocycles. The highest BCUT2D eigenvalue weighted by molar-refractivity contribution is 7.15. The normalized spacial score (nSPS) is 16.7. The van der Waals surface area contributed by atoms with Gasteiger partial charge in [-0.15, -0.1) is 21.5 Å². The Bertz CT molecular complexity index is 1100. The van der Waals surface area contributed by atoms with Crippen LogP contribution in [0.15, 0.2) is 40.9 Å². The molecule has 0 amide bonds. The summed E-state index contributed by atoms with van der Waals surface area (Å²) in [5.74, 6) is -0.519. The van der Waals surface area contributed by atoms with Gasteiger partial charge in [-0.25, -0.2) is 13.8 Å². The van der Waals surface area contributed by atoms with Crippen LogP contribution in [0.1, 0.15) is 35.5 Å². The van der Waals surface area contributed by atoms with Crippen LogP contribution in [-0.4, -0.2) is 30.1 Å². The second-order valence-electron chi connectivity index (χ2n) is 6.78. The fraction of sp³-hybridized carbons (Fsp3) is 0.333. The summed E-state index contributed by atoms with van der Waals surface area (Å²) >= 11 is 2.54. The Morgan fingerprint density at radius 3 is 2.86 bits per heavy atom. The number of rotatable bonds is 6. The van der Waals surface area contributed by atoms with E-state index < -0.39 is 17.3 Å². The zero-order valence-electron chi connectivity index (χ0n) is 15.7. The van der Waals surface area contributed by atoms with E-state index in [1.54, 1.807) is 19.2 Å². The van der Waals surface area contributed by atoms with Gasteiger partial charge in [-0.2, -0.15) is 5.10 Å². The minimum absolute atomic E-state index is 0.00925. The van der Waals surface area contributed by atoms with E-state index in [-0.39, 0.29) is 18.5 Å². The number of hydrogen-bond acceptors (Lipinski definition) is 8. The topological polar surface area (TPSA) is 88.8 Å². The highest BCUT2D eigenvalue weighted by Gasteiger charge is 2.33. The van der Waals surface area contributed by atoms with Crippen LogP contribution in [0.25, 0.3) is 0 Å². The zero-order chi connectivity index (χ0) is 20.6. The van der Waals surface area contributed by atoms with E-state index in [0.717, 1.165) is 5.69 Å². The summed E-state index contributed by atoms with van der Waals surface area (Å²) in [6.07, 6.45) is 3.60. The number of aryl methyl sites for hydroxylation is 1. The largest absolute Gasteiger partial charge is 0.376 e. The third-order valence-electron chi connectivity index (χ3n) is 4.38. The number of aliphatic hydroxyl groups is 1. The number of halogens is 2. The van der Waals surface area contributed by atoms with Crippen molar-refractivity contribution in [1.29, 1.82) is 0 Å². The Hall–Kier alpha value is -2.50. The highest BCUT2D eigenvalue weighted by atomic mass is 32.1. The second-order valence-corrected chi connectivity index (χ2v) is 8.61. The number of thiazole rings is 1. The molecule has 4 rings (SSSR count). The smallest absolute Gasteiger partial charge is 0.211 e. The van der Waals surface area contributed by atoms with Crippen molar-refractivity contribution >= 4 is 33.6 Å². The predicted molar refractivity (Wildman–Crippen MR) is 108 cm³/mol. The van der Waals surface area contributed by atoms with E-state index in [9.17, 15) is 13.9 Å². The van der Waals surface area contributed by atoms with Gasteiger partial charge in [-0.05, 0) is 26.3 Å². The molecule has 3 aromatic heterocycles. The summed E-state index contributed by atoms with van der Waals surface area (Å²) in [6.45, 7) is 3.49. The summed E-state index contributed by atoms with van der Waals surface area (Å²) in [5.41, 5.74) is -0.488. The Balaban J connectivity index is 1.47. The van der Waals surface area contributed by atoms with E-state index in [4.69, 9.17) is 0 Å². The molecule has 1 atom stereocenters. The van der Waals surface area contributed by atoms with Crippen molar-refractivity contribution in [3.63, 3.8) is 0 Å². The van der Waals surface area contributed by atoms with Gasteiger partial charge in [0.05, 0.1) is 6.54 Å². The molecule has 0 aromatic carbocycles. The Morgan fingerprint density at radius 2 is 2.14 bits per heavy atom. The average molecular weight is 437 g/mol. The summed E-state index contributed by atoms with van der Waals surface area (Å²) in [5, 5.41) is 29.4. The van der Waals surface area contributed by atoms with Crippen molar-refractivity contribution in [3.05, 3.63) is 56.7 Å². The van der Waals surface area contributed by atoms with Crippen molar-refractivity contribution in [2.24, 2.45) is 0 Å². The summed E-state index contributed by atoms with van der Waals surface area (Å²) in [7, 11) is 0. The van der Waals surface area contributed by atoms with Crippen LogP contribution in [0.4, 0.5) is 19.7 Å². The van der Waals surface area contributed by atoms with Crippen LogP contribution in [0, 0.1) is 6.92 Å². The van der Waals surface area contributed by atoms with Gasteiger partial charge in [0, 0.05) is 35.3 Å². The summed E-state index contributed by atoms with van der Waals surface area (Å²) in [6, 6.07) is 1.67. The van der Waals surface area contributed by atoms with Crippen molar-refractivity contribution in [2.75, 3.05) is 5.32 Å². The minimum Gasteiger partial charge on any atom is -0.376 e. The first-order valence-electron chi connectivity index (χ1n) is 8.86. The minimum atomic E-state index is -1.34. The first-order chi connectivity index (χ1) is 13.8. The molecule has 7 nitrogen and oxygen atoms in total. The molecule has 3 aromatic rings. The van der Waals surface area contributed by atoms with Crippen molar-refractivity contribution in [2.45, 2.75) is 38.8 Å². The Kier molecular flexibility index (Phi) is 5.28. The van der Waals surface area contributed by atoms with Crippen LogP contribution in [0.2, 0.25) is 0 Å². The fourth-order valence-electron chi connectivity index (χ4n) is 2.82. The summed E-state index contributed by atoms with van der Waals surface area (Å²) in [4.78, 5) is 4.32. The molecule has 1 aliphatic rings. The average Bonchev–Trinajstić information content (AvgIpc) is 3.40. The van der Waals surface area contributed by atoms with Gasteiger partial charge in [-0.1, -0.05) is 11.3 Å². The van der Waals surface area contributed by atoms with Gasteiger partial charge in [0.15, 0.2) is 16.4 Å². The molecule has 0 saturated heterocycles. The number of nitrogens with one attached hydrogen (secondary N) is 1. The van der Waals surface area contributed by atoms with E-state index in [0.29, 0.717) is 27.4 Å². The lowest BCUT2D eigenvalue weighted by Gasteiger charge is -2.16. The molecule has 0 unspecified atom stereocenters. The van der Waals surface area contributed by atoms with Crippen LogP contribution in [-0.2, 0) is 12.1 Å². The monoisotopic (exact) mass is 436 g/mol. The number of allylic oxidation sites excluding steroid dienone is 4. The van der Waals surface area contributed by atoms with Crippen LogP contribution in [0.3, 0.4) is 0 Å². The maximum absolute atomic E-state index is 13.9. The highest BCUT2D eigenvalue weighted by Crippen LogP contribution is 2.35. The third kappa shape index (κ3) is 4.11. The molecule has 0 aliphatic heterocycles. The Labute approximate surface area is 173 Å². The second kappa shape index (κ2) is 7.73. The maximum atomic E-state index is 13.9. The molecular weight excluding hydrogens is 418 g/mol. The predicted octanol–water partition coefficient (Wildman–Crippen LogP) is 4.37. The SMILES string of the molecule is Cc1csc([C@](C)(O)c2nnc(Nc3ccn(CC4=C(F)CCC=C4F)n3)s2)n1. The van der Waals surface area contributed by atoms with Crippen LogP contribution in [0.5, 0.6) is 0 Å². The van der Waals surface area contributed by atoms with Crippen LogP contribution < -0.4 is 5.32 Å². The number of hydrogen-bond donors (Lipinski definition) is 2. The van der Waals surface area contributed by atoms with E-state index in [1.165, 1.54) is 33.4 Å². The van der Waals surface area contributed by atoms with Gasteiger partial charge in [0.1, 0.15) is 16.7 Å². The molecule has 152 valence electrons. The lowest BCUT2D eigenvalue weighted by atomic mass is 10.0. The molecule has 3 heterocycles. The van der Waals surface area contributed by atoms with Gasteiger partial charge in [0.25, 0.3) is 0 Å². The molecule has 0 radical (unpaired) electrons. The molecule has 0 fully saturated rings. The van der Waals surface area contributed by atoms with Gasteiger partial charge < -0.3 is 10.4 Å². The van der Waals surface area contributed by atoms with E-state index in [1.807, 2.05) is 12.3 Å².